The fraction of sp³-hybridized carbons (Fsp3) is 0.239. The first-order valence-corrected chi connectivity index (χ1v) is 19.8. The van der Waals surface area contributed by atoms with E-state index in [1.807, 2.05) is 91.4 Å². The lowest BCUT2D eigenvalue weighted by atomic mass is 10.0. The molecule has 1 aliphatic rings. The number of aromatic amines is 3. The summed E-state index contributed by atoms with van der Waals surface area (Å²) >= 11 is 0. The lowest BCUT2D eigenvalue weighted by Crippen LogP contribution is -2.59. The molecule has 7 aromatic rings. The van der Waals surface area contributed by atoms with E-state index < -0.39 is 48.5 Å². The molecule has 0 aliphatic carbocycles. The molecule has 61 heavy (non-hydrogen) atoms. The van der Waals surface area contributed by atoms with Crippen LogP contribution < -0.4 is 10.5 Å². The molecular formula is C46H42N4O11. The number of aromatic nitrogens is 3. The molecule has 0 radical (unpaired) electrons. The maximum Gasteiger partial charge on any atom is 0.349 e. The van der Waals surface area contributed by atoms with Crippen molar-refractivity contribution in [3.63, 3.8) is 0 Å². The Morgan fingerprint density at radius 1 is 0.639 bits per heavy atom. The minimum absolute atomic E-state index is 0.0256. The van der Waals surface area contributed by atoms with Gasteiger partial charge in [0.05, 0.1) is 6.61 Å². The molecule has 3 aromatic heterocycles. The minimum Gasteiger partial charge on any atom is -0.460 e. The summed E-state index contributed by atoms with van der Waals surface area (Å²) in [6.45, 7) is -0.385. The number of ether oxygens (including phenoxy) is 6. The number of nitrogens with two attached hydrogens (primary N) is 1. The summed E-state index contributed by atoms with van der Waals surface area (Å²) in [7, 11) is 0. The van der Waals surface area contributed by atoms with E-state index in [0.717, 1.165) is 49.4 Å². The summed E-state index contributed by atoms with van der Waals surface area (Å²) in [4.78, 5) is 74.7. The summed E-state index contributed by atoms with van der Waals surface area (Å²) < 4.78 is 35.0. The number of anilines is 1. The number of rotatable bonds is 16. The second-order valence-electron chi connectivity index (χ2n) is 14.6. The maximum atomic E-state index is 13.8. The van der Waals surface area contributed by atoms with Gasteiger partial charge in [-0.25, -0.2) is 4.79 Å². The van der Waals surface area contributed by atoms with Gasteiger partial charge in [0, 0.05) is 76.2 Å². The highest BCUT2D eigenvalue weighted by Gasteiger charge is 2.49. The topological polar surface area (TPSA) is 214 Å². The van der Waals surface area contributed by atoms with Crippen LogP contribution in [0.15, 0.2) is 110 Å². The average Bonchev–Trinajstić information content (AvgIpc) is 4.01. The van der Waals surface area contributed by atoms with Crippen molar-refractivity contribution >= 4 is 68.7 Å². The van der Waals surface area contributed by atoms with Crippen LogP contribution in [0.2, 0.25) is 0 Å². The lowest BCUT2D eigenvalue weighted by Gasteiger charge is -2.40. The third-order valence-corrected chi connectivity index (χ3v) is 10.6. The zero-order chi connectivity index (χ0) is 42.3. The number of carbonyl (C=O) groups is 5. The van der Waals surface area contributed by atoms with E-state index in [1.165, 1.54) is 18.2 Å². The maximum absolute atomic E-state index is 13.8. The van der Waals surface area contributed by atoms with Gasteiger partial charge in [-0.1, -0.05) is 54.6 Å². The van der Waals surface area contributed by atoms with Crippen molar-refractivity contribution in [3.05, 3.63) is 132 Å². The first kappa shape index (κ1) is 40.4. The smallest absolute Gasteiger partial charge is 0.349 e. The van der Waals surface area contributed by atoms with Crippen LogP contribution in [0.3, 0.4) is 0 Å². The van der Waals surface area contributed by atoms with Gasteiger partial charge in [0.2, 0.25) is 12.4 Å². The number of hydrogen-bond donors (Lipinski definition) is 4. The van der Waals surface area contributed by atoms with E-state index in [9.17, 15) is 24.0 Å². The highest BCUT2D eigenvalue weighted by Crippen LogP contribution is 2.31. The highest BCUT2D eigenvalue weighted by molar-refractivity contribution is 5.96. The van der Waals surface area contributed by atoms with Crippen molar-refractivity contribution in [2.45, 2.75) is 63.1 Å². The zero-order valence-electron chi connectivity index (χ0n) is 32.8. The quantitative estimate of drug-likeness (QED) is 0.0274. The Labute approximate surface area is 348 Å². The normalized spacial score (nSPS) is 17.5. The number of fused-ring (bicyclic) bond motifs is 3. The van der Waals surface area contributed by atoms with Crippen molar-refractivity contribution in [1.82, 2.24) is 15.0 Å². The van der Waals surface area contributed by atoms with Crippen LogP contribution in [0.1, 0.15) is 46.3 Å². The number of benzene rings is 4. The first-order chi connectivity index (χ1) is 29.7. The number of carbonyl (C=O) groups excluding carboxylic acids is 5. The number of hydrogen-bond acceptors (Lipinski definition) is 12. The molecule has 1 aliphatic heterocycles. The van der Waals surface area contributed by atoms with E-state index in [2.05, 4.69) is 19.7 Å². The minimum atomic E-state index is -1.53. The monoisotopic (exact) mass is 826 g/mol. The average molecular weight is 827 g/mol. The number of H-pyrrole nitrogens is 3. The van der Waals surface area contributed by atoms with Gasteiger partial charge in [-0.15, -0.1) is 0 Å². The van der Waals surface area contributed by atoms with Crippen molar-refractivity contribution < 1.29 is 52.4 Å². The zero-order valence-corrected chi connectivity index (χ0v) is 32.8. The number of aryl methyl sites for hydroxylation is 3. The fourth-order valence-corrected chi connectivity index (χ4v) is 7.63. The van der Waals surface area contributed by atoms with Gasteiger partial charge in [-0.3, -0.25) is 19.2 Å². The van der Waals surface area contributed by atoms with Gasteiger partial charge < -0.3 is 49.1 Å². The van der Waals surface area contributed by atoms with Crippen LogP contribution >= 0.6 is 0 Å². The van der Waals surface area contributed by atoms with E-state index in [0.29, 0.717) is 19.3 Å². The Morgan fingerprint density at radius 2 is 1.11 bits per heavy atom. The molecule has 1 fully saturated rings. The van der Waals surface area contributed by atoms with Crippen LogP contribution in [-0.4, -0.2) is 76.5 Å². The molecule has 4 heterocycles. The van der Waals surface area contributed by atoms with Crippen molar-refractivity contribution in [2.24, 2.45) is 0 Å². The van der Waals surface area contributed by atoms with Gasteiger partial charge in [0.25, 0.3) is 0 Å². The van der Waals surface area contributed by atoms with Crippen LogP contribution in [0.4, 0.5) is 5.69 Å². The van der Waals surface area contributed by atoms with Crippen molar-refractivity contribution in [3.8, 4) is 5.75 Å². The number of para-hydroxylation sites is 3. The molecule has 0 amide bonds. The Bertz CT molecular complexity index is 2720. The highest BCUT2D eigenvalue weighted by atomic mass is 16.7. The second kappa shape index (κ2) is 18.3. The summed E-state index contributed by atoms with van der Waals surface area (Å²) in [5.74, 6) is -3.18. The molecule has 4 atom stereocenters. The predicted octanol–water partition coefficient (Wildman–Crippen LogP) is 6.39. The van der Waals surface area contributed by atoms with Crippen LogP contribution in [0, 0.1) is 0 Å². The van der Waals surface area contributed by atoms with Gasteiger partial charge >= 0.3 is 30.3 Å². The third-order valence-electron chi connectivity index (χ3n) is 10.6. The molecule has 4 aromatic carbocycles. The van der Waals surface area contributed by atoms with Gasteiger partial charge in [0.15, 0.2) is 12.2 Å². The molecule has 8 rings (SSSR count). The summed E-state index contributed by atoms with van der Waals surface area (Å²) in [5, 5.41) is 2.86. The summed E-state index contributed by atoms with van der Waals surface area (Å²) in [6.07, 6.45) is 0.515. The second-order valence-corrected chi connectivity index (χ2v) is 14.6. The van der Waals surface area contributed by atoms with Gasteiger partial charge in [-0.05, 0) is 72.4 Å². The molecule has 15 nitrogen and oxygen atoms in total. The van der Waals surface area contributed by atoms with Gasteiger partial charge in [0.1, 0.15) is 11.3 Å². The number of nitrogens with one attached hydrogen (secondary N) is 3. The predicted molar refractivity (Wildman–Crippen MR) is 222 cm³/mol. The van der Waals surface area contributed by atoms with Crippen molar-refractivity contribution in [1.29, 1.82) is 0 Å². The van der Waals surface area contributed by atoms with E-state index in [-0.39, 0.29) is 49.3 Å². The Morgan fingerprint density at radius 3 is 1.62 bits per heavy atom. The Kier molecular flexibility index (Phi) is 12.1. The molecule has 5 N–H and O–H groups in total. The van der Waals surface area contributed by atoms with E-state index in [1.54, 1.807) is 0 Å². The lowest BCUT2D eigenvalue weighted by molar-refractivity contribution is -0.261. The van der Waals surface area contributed by atoms with Crippen LogP contribution in [0.25, 0.3) is 32.7 Å². The standard InChI is InChI=1S/C46H42N4O11/c47-30-16-17-38(34(21-30)45(55)57-26-51)59-46-44(61-42(54)20-15-29-24-50-37-12-6-3-9-33(29)37)43(60-41(53)19-14-28-23-49-36-11-5-2-8-32(28)36)39(25-56-46)58-40(52)18-13-27-22-48-35-10-4-1-7-31(27)35/h1-12,16-17,21-24,26,39,43-44,46,48-50H,13-15,18-20,25,47H2/t39-,43+,44-,46+/m1/s1. The van der Waals surface area contributed by atoms with Gasteiger partial charge in [-0.2, -0.15) is 0 Å². The first-order valence-electron chi connectivity index (χ1n) is 19.8. The molecule has 1 saturated heterocycles. The van der Waals surface area contributed by atoms with E-state index in [4.69, 9.17) is 29.4 Å². The molecule has 0 spiro atoms. The van der Waals surface area contributed by atoms with Crippen LogP contribution in [0.5, 0.6) is 5.75 Å². The third kappa shape index (κ3) is 9.26. The molecule has 0 bridgehead atoms. The molecule has 15 heteroatoms. The molecular weight excluding hydrogens is 785 g/mol. The van der Waals surface area contributed by atoms with Crippen molar-refractivity contribution in [2.75, 3.05) is 12.3 Å². The van der Waals surface area contributed by atoms with E-state index >= 15 is 0 Å². The summed E-state index contributed by atoms with van der Waals surface area (Å²) in [5.41, 5.74) is 11.3. The molecule has 0 saturated carbocycles. The Balaban J connectivity index is 1.07. The molecule has 312 valence electrons. The van der Waals surface area contributed by atoms with Crippen LogP contribution in [-0.2, 0) is 62.1 Å². The molecule has 0 unspecified atom stereocenters. The Hall–Kier alpha value is -7.39. The largest absolute Gasteiger partial charge is 0.460 e. The fourth-order valence-electron chi connectivity index (χ4n) is 7.63. The SMILES string of the molecule is Nc1ccc(O[C@@H]2OC[C@@H](OC(=O)CCc3c[nH]c4ccccc34)[C@H](OC(=O)CCc3c[nH]c4ccccc34)[C@H]2OC(=O)CCc2c[nH]c3ccccc23)c(C(=O)OC=O)c1. The number of nitrogen functional groups attached to an aromatic ring is 1. The summed E-state index contributed by atoms with van der Waals surface area (Å²) in [6, 6.07) is 27.1. The number of esters is 4.